The van der Waals surface area contributed by atoms with Gasteiger partial charge in [0.15, 0.2) is 0 Å². The summed E-state index contributed by atoms with van der Waals surface area (Å²) in [6.07, 6.45) is 1.43. The summed E-state index contributed by atoms with van der Waals surface area (Å²) in [5, 5.41) is 8.88. The van der Waals surface area contributed by atoms with E-state index in [1.54, 1.807) is 30.3 Å². The van der Waals surface area contributed by atoms with Crippen molar-refractivity contribution in [2.24, 2.45) is 0 Å². The molecule has 0 saturated carbocycles. The fraction of sp³-hybridized carbons (Fsp3) is 0.214. The van der Waals surface area contributed by atoms with E-state index in [-0.39, 0.29) is 5.56 Å². The Hall–Kier alpha value is -2.63. The number of benzene rings is 1. The van der Waals surface area contributed by atoms with Gasteiger partial charge in [0.25, 0.3) is 0 Å². The Labute approximate surface area is 116 Å². The Bertz CT molecular complexity index is 599. The predicted molar refractivity (Wildman–Crippen MR) is 74.7 cm³/mol. The van der Waals surface area contributed by atoms with Crippen molar-refractivity contribution in [1.82, 2.24) is 9.97 Å². The van der Waals surface area contributed by atoms with Gasteiger partial charge < -0.3 is 14.7 Å². The third kappa shape index (κ3) is 3.03. The number of carboxylic acid groups (broad SMARTS) is 1. The average Bonchev–Trinajstić information content (AvgIpc) is 2.47. The third-order valence-corrected chi connectivity index (χ3v) is 2.76. The lowest BCUT2D eigenvalue weighted by atomic mass is 10.2. The second-order valence-electron chi connectivity index (χ2n) is 4.06. The van der Waals surface area contributed by atoms with Crippen LogP contribution in [-0.4, -0.2) is 34.7 Å². The van der Waals surface area contributed by atoms with E-state index in [1.807, 2.05) is 18.9 Å². The molecule has 104 valence electrons. The molecule has 1 heterocycles. The molecular formula is C14H15N3O3. The van der Waals surface area contributed by atoms with E-state index in [0.717, 1.165) is 5.69 Å². The number of ether oxygens (including phenoxy) is 1. The SMILES string of the molecule is CCOc1cc(N(C)c2ccc(C(=O)O)cc2)ncn1. The van der Waals surface area contributed by atoms with Crippen molar-refractivity contribution in [3.8, 4) is 5.88 Å². The van der Waals surface area contributed by atoms with Crippen molar-refractivity contribution in [1.29, 1.82) is 0 Å². The molecule has 0 radical (unpaired) electrons. The first kappa shape index (κ1) is 13.8. The first-order valence-electron chi connectivity index (χ1n) is 6.13. The number of anilines is 2. The molecule has 2 rings (SSSR count). The maximum absolute atomic E-state index is 10.8. The number of carboxylic acids is 1. The maximum Gasteiger partial charge on any atom is 0.335 e. The summed E-state index contributed by atoms with van der Waals surface area (Å²) in [6.45, 7) is 2.42. The van der Waals surface area contributed by atoms with Crippen molar-refractivity contribution >= 4 is 17.5 Å². The molecule has 0 atom stereocenters. The smallest absolute Gasteiger partial charge is 0.335 e. The topological polar surface area (TPSA) is 75.5 Å². The van der Waals surface area contributed by atoms with Crippen molar-refractivity contribution < 1.29 is 14.6 Å². The van der Waals surface area contributed by atoms with Crippen LogP contribution in [0.1, 0.15) is 17.3 Å². The van der Waals surface area contributed by atoms with Gasteiger partial charge in [-0.05, 0) is 31.2 Å². The standard InChI is InChI=1S/C14H15N3O3/c1-3-20-13-8-12(15-9-16-13)17(2)11-6-4-10(5-7-11)14(18)19/h4-9H,3H2,1-2H3,(H,18,19). The molecule has 6 heteroatoms. The highest BCUT2D eigenvalue weighted by atomic mass is 16.5. The van der Waals surface area contributed by atoms with Gasteiger partial charge in [0.05, 0.1) is 12.2 Å². The number of rotatable bonds is 5. The molecule has 0 aliphatic rings. The monoisotopic (exact) mass is 273 g/mol. The number of hydrogen-bond acceptors (Lipinski definition) is 5. The van der Waals surface area contributed by atoms with Gasteiger partial charge >= 0.3 is 5.97 Å². The fourth-order valence-electron chi connectivity index (χ4n) is 1.70. The molecular weight excluding hydrogens is 258 g/mol. The quantitative estimate of drug-likeness (QED) is 0.901. The largest absolute Gasteiger partial charge is 0.478 e. The second kappa shape index (κ2) is 6.01. The van der Waals surface area contributed by atoms with Gasteiger partial charge in [0, 0.05) is 18.8 Å². The Kier molecular flexibility index (Phi) is 4.14. The Morgan fingerprint density at radius 2 is 2.00 bits per heavy atom. The highest BCUT2D eigenvalue weighted by Gasteiger charge is 2.09. The van der Waals surface area contributed by atoms with Crippen LogP contribution in [0.25, 0.3) is 0 Å². The van der Waals surface area contributed by atoms with Gasteiger partial charge in [-0.2, -0.15) is 0 Å². The van der Waals surface area contributed by atoms with E-state index in [2.05, 4.69) is 9.97 Å². The number of nitrogens with zero attached hydrogens (tertiary/aromatic N) is 3. The lowest BCUT2D eigenvalue weighted by Crippen LogP contribution is -2.12. The molecule has 1 N–H and O–H groups in total. The van der Waals surface area contributed by atoms with Crippen LogP contribution in [0, 0.1) is 0 Å². The van der Waals surface area contributed by atoms with Gasteiger partial charge in [-0.1, -0.05) is 0 Å². The summed E-state index contributed by atoms with van der Waals surface area (Å²) in [5.41, 5.74) is 1.08. The normalized spacial score (nSPS) is 10.1. The highest BCUT2D eigenvalue weighted by Crippen LogP contribution is 2.23. The van der Waals surface area contributed by atoms with Gasteiger partial charge in [-0.15, -0.1) is 0 Å². The summed E-state index contributed by atoms with van der Waals surface area (Å²) in [4.78, 5) is 20.8. The molecule has 0 spiro atoms. The molecule has 1 aromatic heterocycles. The van der Waals surface area contributed by atoms with Crippen LogP contribution < -0.4 is 9.64 Å². The lowest BCUT2D eigenvalue weighted by molar-refractivity contribution is 0.0697. The predicted octanol–water partition coefficient (Wildman–Crippen LogP) is 2.34. The molecule has 0 aliphatic carbocycles. The minimum atomic E-state index is -0.945. The van der Waals surface area contributed by atoms with Crippen LogP contribution in [0.2, 0.25) is 0 Å². The Balaban J connectivity index is 2.23. The van der Waals surface area contributed by atoms with E-state index in [4.69, 9.17) is 9.84 Å². The fourth-order valence-corrected chi connectivity index (χ4v) is 1.70. The zero-order chi connectivity index (χ0) is 14.5. The summed E-state index contributed by atoms with van der Waals surface area (Å²) in [5.74, 6) is 0.234. The highest BCUT2D eigenvalue weighted by molar-refractivity contribution is 5.88. The van der Waals surface area contributed by atoms with Gasteiger partial charge in [0.1, 0.15) is 12.1 Å². The lowest BCUT2D eigenvalue weighted by Gasteiger charge is -2.18. The molecule has 20 heavy (non-hydrogen) atoms. The molecule has 2 aromatic rings. The van der Waals surface area contributed by atoms with Gasteiger partial charge in [-0.3, -0.25) is 0 Å². The van der Waals surface area contributed by atoms with Crippen LogP contribution in [0.15, 0.2) is 36.7 Å². The molecule has 6 nitrogen and oxygen atoms in total. The maximum atomic E-state index is 10.8. The average molecular weight is 273 g/mol. The molecule has 0 bridgehead atoms. The van der Waals surface area contributed by atoms with E-state index >= 15 is 0 Å². The van der Waals surface area contributed by atoms with Gasteiger partial charge in [-0.25, -0.2) is 14.8 Å². The molecule has 0 aliphatic heterocycles. The van der Waals surface area contributed by atoms with E-state index in [0.29, 0.717) is 18.3 Å². The Morgan fingerprint density at radius 1 is 1.30 bits per heavy atom. The van der Waals surface area contributed by atoms with Crippen LogP contribution >= 0.6 is 0 Å². The van der Waals surface area contributed by atoms with Crippen molar-refractivity contribution in [2.45, 2.75) is 6.92 Å². The summed E-state index contributed by atoms with van der Waals surface area (Å²) >= 11 is 0. The van der Waals surface area contributed by atoms with E-state index < -0.39 is 5.97 Å². The zero-order valence-corrected chi connectivity index (χ0v) is 11.3. The second-order valence-corrected chi connectivity index (χ2v) is 4.06. The third-order valence-electron chi connectivity index (χ3n) is 2.76. The molecule has 0 amide bonds. The van der Waals surface area contributed by atoms with E-state index in [9.17, 15) is 4.79 Å². The van der Waals surface area contributed by atoms with Crippen molar-refractivity contribution in [3.63, 3.8) is 0 Å². The number of carbonyl (C=O) groups is 1. The molecule has 0 fully saturated rings. The first-order chi connectivity index (χ1) is 9.61. The van der Waals surface area contributed by atoms with Crippen LogP contribution in [0.3, 0.4) is 0 Å². The van der Waals surface area contributed by atoms with Crippen LogP contribution in [-0.2, 0) is 0 Å². The summed E-state index contributed by atoms with van der Waals surface area (Å²) in [6, 6.07) is 8.30. The van der Waals surface area contributed by atoms with Crippen LogP contribution in [0.4, 0.5) is 11.5 Å². The van der Waals surface area contributed by atoms with Crippen molar-refractivity contribution in [3.05, 3.63) is 42.2 Å². The Morgan fingerprint density at radius 3 is 2.60 bits per heavy atom. The number of hydrogen-bond donors (Lipinski definition) is 1. The number of aromatic nitrogens is 2. The molecule has 0 saturated heterocycles. The van der Waals surface area contributed by atoms with Crippen LogP contribution in [0.5, 0.6) is 5.88 Å². The molecule has 0 unspecified atom stereocenters. The minimum absolute atomic E-state index is 0.250. The first-order valence-corrected chi connectivity index (χ1v) is 6.13. The number of aromatic carboxylic acids is 1. The molecule has 1 aromatic carbocycles. The summed E-state index contributed by atoms with van der Waals surface area (Å²) < 4.78 is 5.33. The zero-order valence-electron chi connectivity index (χ0n) is 11.3. The summed E-state index contributed by atoms with van der Waals surface area (Å²) in [7, 11) is 1.84. The van der Waals surface area contributed by atoms with E-state index in [1.165, 1.54) is 6.33 Å². The van der Waals surface area contributed by atoms with Crippen molar-refractivity contribution in [2.75, 3.05) is 18.6 Å². The van der Waals surface area contributed by atoms with Gasteiger partial charge in [0.2, 0.25) is 5.88 Å². The minimum Gasteiger partial charge on any atom is -0.478 e.